The van der Waals surface area contributed by atoms with Gasteiger partial charge >= 0.3 is 5.97 Å². The lowest BCUT2D eigenvalue weighted by Crippen LogP contribution is -2.20. The van der Waals surface area contributed by atoms with Crippen LogP contribution in [0.4, 0.5) is 5.69 Å². The number of ether oxygens (including phenoxy) is 4. The molecule has 7 heteroatoms. The standard InChI is InChI=1S/C17H25NO6/c1-4-5-8-23-9-10-24-12-16(19)18-13-6-7-14(17(20)22-3)15(11-13)21-2/h6-7,11H,4-5,8-10,12H2,1-3H3,(H,18,19). The average Bonchev–Trinajstić information content (AvgIpc) is 2.60. The van der Waals surface area contributed by atoms with Crippen molar-refractivity contribution in [3.63, 3.8) is 0 Å². The van der Waals surface area contributed by atoms with E-state index in [9.17, 15) is 9.59 Å². The third kappa shape index (κ3) is 6.97. The van der Waals surface area contributed by atoms with Gasteiger partial charge in [0.25, 0.3) is 0 Å². The number of unbranched alkanes of at least 4 members (excludes halogenated alkanes) is 1. The van der Waals surface area contributed by atoms with E-state index in [0.29, 0.717) is 36.8 Å². The van der Waals surface area contributed by atoms with E-state index < -0.39 is 5.97 Å². The second-order valence-electron chi connectivity index (χ2n) is 4.97. The Bertz CT molecular complexity index is 532. The Labute approximate surface area is 142 Å². The smallest absolute Gasteiger partial charge is 0.341 e. The molecule has 0 aliphatic carbocycles. The molecule has 1 amide bonds. The van der Waals surface area contributed by atoms with Gasteiger partial charge in [0.2, 0.25) is 5.91 Å². The minimum absolute atomic E-state index is 0.0712. The van der Waals surface area contributed by atoms with Crippen molar-refractivity contribution in [2.24, 2.45) is 0 Å². The van der Waals surface area contributed by atoms with Crippen molar-refractivity contribution in [1.82, 2.24) is 0 Å². The zero-order valence-corrected chi connectivity index (χ0v) is 14.4. The first-order chi connectivity index (χ1) is 11.6. The van der Waals surface area contributed by atoms with Gasteiger partial charge in [0.05, 0.1) is 27.4 Å². The fraction of sp³-hybridized carbons (Fsp3) is 0.529. The Balaban J connectivity index is 2.40. The molecule has 0 unspecified atom stereocenters. The van der Waals surface area contributed by atoms with E-state index in [1.807, 2.05) is 0 Å². The highest BCUT2D eigenvalue weighted by molar-refractivity contribution is 5.95. The van der Waals surface area contributed by atoms with Crippen LogP contribution in [0, 0.1) is 0 Å². The summed E-state index contributed by atoms with van der Waals surface area (Å²) in [6.07, 6.45) is 2.10. The number of methoxy groups -OCH3 is 2. The number of benzene rings is 1. The number of anilines is 1. The lowest BCUT2D eigenvalue weighted by atomic mass is 10.2. The largest absolute Gasteiger partial charge is 0.496 e. The van der Waals surface area contributed by atoms with E-state index in [1.54, 1.807) is 12.1 Å². The van der Waals surface area contributed by atoms with Crippen molar-refractivity contribution in [2.45, 2.75) is 19.8 Å². The van der Waals surface area contributed by atoms with Crippen LogP contribution in [0.5, 0.6) is 5.75 Å². The molecule has 1 aromatic rings. The van der Waals surface area contributed by atoms with E-state index in [1.165, 1.54) is 20.3 Å². The molecule has 134 valence electrons. The van der Waals surface area contributed by atoms with Gasteiger partial charge < -0.3 is 24.3 Å². The second kappa shape index (κ2) is 11.4. The second-order valence-corrected chi connectivity index (χ2v) is 4.97. The summed E-state index contributed by atoms with van der Waals surface area (Å²) in [5.41, 5.74) is 0.797. The molecule has 0 aliphatic heterocycles. The summed E-state index contributed by atoms with van der Waals surface area (Å²) < 4.78 is 20.4. The van der Waals surface area contributed by atoms with E-state index in [4.69, 9.17) is 14.2 Å². The highest BCUT2D eigenvalue weighted by Gasteiger charge is 2.14. The van der Waals surface area contributed by atoms with Crippen molar-refractivity contribution in [3.8, 4) is 5.75 Å². The third-order valence-corrected chi connectivity index (χ3v) is 3.14. The molecule has 0 spiro atoms. The summed E-state index contributed by atoms with van der Waals surface area (Å²) in [4.78, 5) is 23.4. The molecule has 0 fully saturated rings. The SMILES string of the molecule is CCCCOCCOCC(=O)Nc1ccc(C(=O)OC)c(OC)c1. The van der Waals surface area contributed by atoms with Gasteiger partial charge in [0, 0.05) is 18.4 Å². The van der Waals surface area contributed by atoms with Crippen LogP contribution in [-0.2, 0) is 19.0 Å². The Kier molecular flexibility index (Phi) is 9.48. The van der Waals surface area contributed by atoms with Crippen LogP contribution >= 0.6 is 0 Å². The molecule has 0 heterocycles. The zero-order valence-electron chi connectivity index (χ0n) is 14.4. The first-order valence-electron chi connectivity index (χ1n) is 7.84. The lowest BCUT2D eigenvalue weighted by Gasteiger charge is -2.10. The fourth-order valence-corrected chi connectivity index (χ4v) is 1.88. The Morgan fingerprint density at radius 3 is 2.50 bits per heavy atom. The summed E-state index contributed by atoms with van der Waals surface area (Å²) in [6, 6.07) is 4.68. The molecule has 0 bridgehead atoms. The summed E-state index contributed by atoms with van der Waals surface area (Å²) in [5, 5.41) is 2.68. The molecule has 0 saturated heterocycles. The predicted octanol–water partition coefficient (Wildman–Crippen LogP) is 2.25. The minimum Gasteiger partial charge on any atom is -0.496 e. The summed E-state index contributed by atoms with van der Waals surface area (Å²) in [6.45, 7) is 3.56. The highest BCUT2D eigenvalue weighted by Crippen LogP contribution is 2.23. The van der Waals surface area contributed by atoms with Crippen LogP contribution in [0.3, 0.4) is 0 Å². The van der Waals surface area contributed by atoms with Gasteiger partial charge in [-0.05, 0) is 18.6 Å². The van der Waals surface area contributed by atoms with E-state index in [0.717, 1.165) is 12.8 Å². The van der Waals surface area contributed by atoms with Gasteiger partial charge in [-0.15, -0.1) is 0 Å². The number of amides is 1. The highest BCUT2D eigenvalue weighted by atomic mass is 16.5. The van der Waals surface area contributed by atoms with Crippen LogP contribution in [0.15, 0.2) is 18.2 Å². The Morgan fingerprint density at radius 1 is 1.08 bits per heavy atom. The minimum atomic E-state index is -0.504. The molecule has 0 aliphatic rings. The van der Waals surface area contributed by atoms with Crippen LogP contribution < -0.4 is 10.1 Å². The number of esters is 1. The van der Waals surface area contributed by atoms with Crippen molar-refractivity contribution >= 4 is 17.6 Å². The van der Waals surface area contributed by atoms with E-state index in [2.05, 4.69) is 17.0 Å². The normalized spacial score (nSPS) is 10.3. The van der Waals surface area contributed by atoms with E-state index >= 15 is 0 Å². The van der Waals surface area contributed by atoms with Crippen LogP contribution in [-0.4, -0.2) is 52.5 Å². The molecular formula is C17H25NO6. The summed E-state index contributed by atoms with van der Waals surface area (Å²) >= 11 is 0. The fourth-order valence-electron chi connectivity index (χ4n) is 1.88. The molecule has 0 aromatic heterocycles. The molecule has 0 atom stereocenters. The first kappa shape index (κ1) is 19.9. The summed E-state index contributed by atoms with van der Waals surface area (Å²) in [5.74, 6) is -0.475. The number of carbonyl (C=O) groups is 2. The number of rotatable bonds is 11. The van der Waals surface area contributed by atoms with Crippen LogP contribution in [0.25, 0.3) is 0 Å². The first-order valence-corrected chi connectivity index (χ1v) is 7.84. The quantitative estimate of drug-likeness (QED) is 0.492. The van der Waals surface area contributed by atoms with Crippen LogP contribution in [0.2, 0.25) is 0 Å². The van der Waals surface area contributed by atoms with Gasteiger partial charge in [0.1, 0.15) is 17.9 Å². The van der Waals surface area contributed by atoms with Gasteiger partial charge in [-0.1, -0.05) is 13.3 Å². The molecule has 7 nitrogen and oxygen atoms in total. The number of carbonyl (C=O) groups excluding carboxylic acids is 2. The molecule has 1 aromatic carbocycles. The molecule has 1 rings (SSSR count). The van der Waals surface area contributed by atoms with Crippen molar-refractivity contribution < 1.29 is 28.5 Å². The molecular weight excluding hydrogens is 314 g/mol. The molecule has 0 saturated carbocycles. The maximum Gasteiger partial charge on any atom is 0.341 e. The number of hydrogen-bond donors (Lipinski definition) is 1. The van der Waals surface area contributed by atoms with Crippen LogP contribution in [0.1, 0.15) is 30.1 Å². The van der Waals surface area contributed by atoms with Gasteiger partial charge in [-0.2, -0.15) is 0 Å². The van der Waals surface area contributed by atoms with Crippen molar-refractivity contribution in [2.75, 3.05) is 46.0 Å². The topological polar surface area (TPSA) is 83.1 Å². The Hall–Kier alpha value is -2.12. The third-order valence-electron chi connectivity index (χ3n) is 3.14. The van der Waals surface area contributed by atoms with Crippen molar-refractivity contribution in [3.05, 3.63) is 23.8 Å². The zero-order chi connectivity index (χ0) is 17.8. The molecule has 24 heavy (non-hydrogen) atoms. The van der Waals surface area contributed by atoms with Gasteiger partial charge in [0.15, 0.2) is 0 Å². The lowest BCUT2D eigenvalue weighted by molar-refractivity contribution is -0.121. The predicted molar refractivity (Wildman–Crippen MR) is 89.5 cm³/mol. The Morgan fingerprint density at radius 2 is 1.83 bits per heavy atom. The van der Waals surface area contributed by atoms with Gasteiger partial charge in [-0.25, -0.2) is 4.79 Å². The van der Waals surface area contributed by atoms with Crippen molar-refractivity contribution in [1.29, 1.82) is 0 Å². The van der Waals surface area contributed by atoms with E-state index in [-0.39, 0.29) is 12.5 Å². The van der Waals surface area contributed by atoms with Gasteiger partial charge in [-0.3, -0.25) is 4.79 Å². The number of hydrogen-bond acceptors (Lipinski definition) is 6. The number of nitrogens with one attached hydrogen (secondary N) is 1. The monoisotopic (exact) mass is 339 g/mol. The maximum atomic E-state index is 11.8. The molecule has 1 N–H and O–H groups in total. The maximum absolute atomic E-state index is 11.8. The molecule has 0 radical (unpaired) electrons. The average molecular weight is 339 g/mol. The summed E-state index contributed by atoms with van der Waals surface area (Å²) in [7, 11) is 2.73.